The van der Waals surface area contributed by atoms with Crippen LogP contribution in [0.4, 0.5) is 0 Å². The lowest BCUT2D eigenvalue weighted by Gasteiger charge is -2.23. The summed E-state index contributed by atoms with van der Waals surface area (Å²) in [6, 6.07) is 5.96. The third kappa shape index (κ3) is 3.35. The van der Waals surface area contributed by atoms with Crippen molar-refractivity contribution in [1.29, 1.82) is 0 Å². The lowest BCUT2D eigenvalue weighted by molar-refractivity contribution is -0.151. The highest BCUT2D eigenvalue weighted by molar-refractivity contribution is 5.82. The van der Waals surface area contributed by atoms with Crippen LogP contribution >= 0.6 is 0 Å². The minimum absolute atomic E-state index is 0.0720. The van der Waals surface area contributed by atoms with Crippen molar-refractivity contribution in [1.82, 2.24) is 0 Å². The van der Waals surface area contributed by atoms with Gasteiger partial charge in [-0.1, -0.05) is 6.58 Å². The monoisotopic (exact) mass is 320 g/mol. The number of aliphatic hydroxyl groups excluding tert-OH is 2. The van der Waals surface area contributed by atoms with E-state index in [4.69, 9.17) is 13.9 Å². The Hall–Kier alpha value is -2.80. The molecule has 0 saturated carbocycles. The molecule has 2 rings (SSSR count). The minimum atomic E-state index is -1.54. The van der Waals surface area contributed by atoms with E-state index in [-0.39, 0.29) is 16.9 Å². The highest BCUT2D eigenvalue weighted by Gasteiger charge is 2.31. The number of carbonyl (C=O) groups excluding carboxylic acids is 1. The number of rotatable bonds is 5. The molecule has 1 aromatic carbocycles. The molecule has 7 nitrogen and oxygen atoms in total. The topological polar surface area (TPSA) is 106 Å². The molecule has 1 aromatic heterocycles. The molecular weight excluding hydrogens is 304 g/mol. The highest BCUT2D eigenvalue weighted by Crippen LogP contribution is 2.36. The van der Waals surface area contributed by atoms with Crippen molar-refractivity contribution in [2.24, 2.45) is 0 Å². The van der Waals surface area contributed by atoms with E-state index in [9.17, 15) is 19.8 Å². The predicted molar refractivity (Wildman–Crippen MR) is 81.3 cm³/mol. The molecule has 0 radical (unpaired) electrons. The smallest absolute Gasteiger partial charge is 0.336 e. The number of benzene rings is 1. The summed E-state index contributed by atoms with van der Waals surface area (Å²) in [7, 11) is 1.37. The fourth-order valence-electron chi connectivity index (χ4n) is 2.24. The molecule has 0 aliphatic heterocycles. The summed E-state index contributed by atoms with van der Waals surface area (Å²) < 4.78 is 15.2. The van der Waals surface area contributed by atoms with Crippen LogP contribution in [0.25, 0.3) is 11.0 Å². The molecule has 122 valence electrons. The first-order valence-corrected chi connectivity index (χ1v) is 6.69. The van der Waals surface area contributed by atoms with Gasteiger partial charge in [0.05, 0.1) is 12.7 Å². The first-order valence-electron chi connectivity index (χ1n) is 6.69. The summed E-state index contributed by atoms with van der Waals surface area (Å²) in [5.41, 5.74) is -0.474. The molecule has 0 aliphatic carbocycles. The molecule has 0 saturated heterocycles. The summed E-state index contributed by atoms with van der Waals surface area (Å²) >= 11 is 0. The van der Waals surface area contributed by atoms with Gasteiger partial charge in [-0.3, -0.25) is 4.79 Å². The van der Waals surface area contributed by atoms with Gasteiger partial charge in [-0.25, -0.2) is 4.79 Å². The molecular formula is C16H16O7. The van der Waals surface area contributed by atoms with Gasteiger partial charge in [0, 0.05) is 18.4 Å². The van der Waals surface area contributed by atoms with E-state index in [1.54, 1.807) is 12.1 Å². The zero-order valence-electron chi connectivity index (χ0n) is 12.6. The van der Waals surface area contributed by atoms with Crippen molar-refractivity contribution >= 4 is 16.9 Å². The number of aliphatic hydroxyl groups is 2. The second-order valence-corrected chi connectivity index (χ2v) is 4.82. The van der Waals surface area contributed by atoms with E-state index < -0.39 is 29.6 Å². The Labute approximate surface area is 131 Å². The fraction of sp³-hybridized carbons (Fsp3) is 0.250. The summed E-state index contributed by atoms with van der Waals surface area (Å²) in [4.78, 5) is 22.7. The van der Waals surface area contributed by atoms with E-state index in [2.05, 4.69) is 6.58 Å². The summed E-state index contributed by atoms with van der Waals surface area (Å²) in [5, 5.41) is 20.7. The number of carbonyl (C=O) groups is 1. The van der Waals surface area contributed by atoms with Gasteiger partial charge in [-0.15, -0.1) is 0 Å². The summed E-state index contributed by atoms with van der Waals surface area (Å²) in [6.45, 7) is 4.42. The number of esters is 1. The molecule has 2 N–H and O–H groups in total. The molecule has 2 unspecified atom stereocenters. The maximum absolute atomic E-state index is 11.5. The standard InChI is InChI=1S/C16H16O7/c1-8(17)15(22-9(2)18)14(20)13-11(21-3)6-4-10-5-7-12(19)23-16(10)13/h4-7,14-15,17,20H,1H2,2-3H3. The summed E-state index contributed by atoms with van der Waals surface area (Å²) in [5.74, 6) is -1.06. The number of methoxy groups -OCH3 is 1. The zero-order chi connectivity index (χ0) is 17.1. The molecule has 0 fully saturated rings. The molecule has 0 amide bonds. The van der Waals surface area contributed by atoms with Gasteiger partial charge in [-0.2, -0.15) is 0 Å². The van der Waals surface area contributed by atoms with Crippen LogP contribution in [-0.4, -0.2) is 29.4 Å². The first-order chi connectivity index (χ1) is 10.8. The van der Waals surface area contributed by atoms with Crippen molar-refractivity contribution in [3.05, 3.63) is 52.6 Å². The Bertz CT molecular complexity index is 806. The predicted octanol–water partition coefficient (Wildman–Crippen LogP) is 1.84. The van der Waals surface area contributed by atoms with E-state index in [0.29, 0.717) is 5.39 Å². The second kappa shape index (κ2) is 6.53. The number of ether oxygens (including phenoxy) is 2. The average molecular weight is 320 g/mol. The maximum Gasteiger partial charge on any atom is 0.336 e. The Morgan fingerprint density at radius 1 is 1.30 bits per heavy atom. The third-order valence-corrected chi connectivity index (χ3v) is 3.21. The van der Waals surface area contributed by atoms with Gasteiger partial charge in [-0.05, 0) is 18.2 Å². The number of hydrogen-bond donors (Lipinski definition) is 2. The molecule has 2 atom stereocenters. The van der Waals surface area contributed by atoms with E-state index >= 15 is 0 Å². The Kier molecular flexibility index (Phi) is 4.71. The van der Waals surface area contributed by atoms with Gasteiger partial charge in [0.2, 0.25) is 0 Å². The molecule has 0 bridgehead atoms. The fourth-order valence-corrected chi connectivity index (χ4v) is 2.24. The molecule has 1 heterocycles. The molecule has 2 aromatic rings. The number of hydrogen-bond acceptors (Lipinski definition) is 7. The molecule has 7 heteroatoms. The van der Waals surface area contributed by atoms with Crippen LogP contribution in [0.2, 0.25) is 0 Å². The largest absolute Gasteiger partial charge is 0.509 e. The minimum Gasteiger partial charge on any atom is -0.509 e. The lowest BCUT2D eigenvalue weighted by atomic mass is 9.99. The van der Waals surface area contributed by atoms with Crippen molar-refractivity contribution < 1.29 is 28.9 Å². The quantitative estimate of drug-likeness (QED) is 0.492. The van der Waals surface area contributed by atoms with Crippen LogP contribution in [-0.2, 0) is 9.53 Å². The van der Waals surface area contributed by atoms with E-state index in [0.717, 1.165) is 6.92 Å². The number of fused-ring (bicyclic) bond motifs is 1. The SMILES string of the molecule is C=C(O)C(OC(C)=O)C(O)c1c(OC)ccc2ccc(=O)oc12. The maximum atomic E-state index is 11.5. The third-order valence-electron chi connectivity index (χ3n) is 3.21. The van der Waals surface area contributed by atoms with Crippen LogP contribution in [0.5, 0.6) is 5.75 Å². The van der Waals surface area contributed by atoms with Crippen LogP contribution in [0.1, 0.15) is 18.6 Å². The zero-order valence-corrected chi connectivity index (χ0v) is 12.6. The van der Waals surface area contributed by atoms with Crippen LogP contribution < -0.4 is 10.4 Å². The normalized spacial score (nSPS) is 13.3. The Morgan fingerprint density at radius 3 is 2.52 bits per heavy atom. The molecule has 23 heavy (non-hydrogen) atoms. The van der Waals surface area contributed by atoms with E-state index in [1.165, 1.54) is 19.2 Å². The molecule has 0 aliphatic rings. The van der Waals surface area contributed by atoms with Gasteiger partial charge in [0.25, 0.3) is 0 Å². The van der Waals surface area contributed by atoms with Gasteiger partial charge in [0.15, 0.2) is 6.10 Å². The van der Waals surface area contributed by atoms with Crippen molar-refractivity contribution in [2.75, 3.05) is 7.11 Å². The van der Waals surface area contributed by atoms with Crippen LogP contribution in [0.3, 0.4) is 0 Å². The summed E-state index contributed by atoms with van der Waals surface area (Å²) in [6.07, 6.45) is -2.97. The van der Waals surface area contributed by atoms with Gasteiger partial charge < -0.3 is 24.1 Å². The highest BCUT2D eigenvalue weighted by atomic mass is 16.6. The average Bonchev–Trinajstić information content (AvgIpc) is 2.50. The van der Waals surface area contributed by atoms with Crippen molar-refractivity contribution in [3.8, 4) is 5.75 Å². The van der Waals surface area contributed by atoms with E-state index in [1.807, 2.05) is 0 Å². The van der Waals surface area contributed by atoms with Crippen molar-refractivity contribution in [2.45, 2.75) is 19.1 Å². The first kappa shape index (κ1) is 16.6. The van der Waals surface area contributed by atoms with Crippen molar-refractivity contribution in [3.63, 3.8) is 0 Å². The van der Waals surface area contributed by atoms with Crippen LogP contribution in [0, 0.1) is 0 Å². The van der Waals surface area contributed by atoms with Gasteiger partial charge in [0.1, 0.15) is 23.2 Å². The Morgan fingerprint density at radius 2 is 1.96 bits per heavy atom. The molecule has 0 spiro atoms. The van der Waals surface area contributed by atoms with Crippen LogP contribution in [0.15, 0.2) is 45.8 Å². The van der Waals surface area contributed by atoms with Gasteiger partial charge >= 0.3 is 11.6 Å². The Balaban J connectivity index is 2.67. The lowest BCUT2D eigenvalue weighted by Crippen LogP contribution is -2.27. The second-order valence-electron chi connectivity index (χ2n) is 4.82.